The molecule has 0 saturated carbocycles. The zero-order valence-corrected chi connectivity index (χ0v) is 14.0. The number of thioether (sulfide) groups is 1. The molecule has 0 radical (unpaired) electrons. The molecule has 21 heavy (non-hydrogen) atoms. The highest BCUT2D eigenvalue weighted by molar-refractivity contribution is 7.99. The van der Waals surface area contributed by atoms with Gasteiger partial charge in [-0.25, -0.2) is 13.1 Å². The third-order valence-electron chi connectivity index (χ3n) is 3.48. The number of methoxy groups -OCH3 is 1. The van der Waals surface area contributed by atoms with Crippen LogP contribution in [0.3, 0.4) is 0 Å². The van der Waals surface area contributed by atoms with Gasteiger partial charge in [0, 0.05) is 13.1 Å². The summed E-state index contributed by atoms with van der Waals surface area (Å²) in [5.74, 6) is 2.95. The van der Waals surface area contributed by atoms with Gasteiger partial charge in [-0.05, 0) is 48.6 Å². The van der Waals surface area contributed by atoms with Crippen LogP contribution in [0.15, 0.2) is 23.1 Å². The lowest BCUT2D eigenvalue weighted by molar-refractivity contribution is 0.401. The third kappa shape index (κ3) is 4.35. The van der Waals surface area contributed by atoms with Gasteiger partial charge in [0.15, 0.2) is 0 Å². The summed E-state index contributed by atoms with van der Waals surface area (Å²) >= 11 is 1.88. The Morgan fingerprint density at radius 1 is 1.43 bits per heavy atom. The number of hydrogen-bond acceptors (Lipinski definition) is 5. The van der Waals surface area contributed by atoms with E-state index in [1.54, 1.807) is 12.1 Å². The van der Waals surface area contributed by atoms with Crippen LogP contribution in [-0.2, 0) is 16.6 Å². The van der Waals surface area contributed by atoms with Gasteiger partial charge >= 0.3 is 0 Å². The molecule has 1 fully saturated rings. The lowest BCUT2D eigenvalue weighted by Gasteiger charge is -2.14. The molecule has 5 nitrogen and oxygen atoms in total. The Hall–Kier alpha value is -0.760. The topological polar surface area (TPSA) is 67.4 Å². The fourth-order valence-corrected chi connectivity index (χ4v) is 4.91. The predicted octanol–water partition coefficient (Wildman–Crippen LogP) is 1.45. The van der Waals surface area contributed by atoms with Gasteiger partial charge in [-0.1, -0.05) is 6.07 Å². The van der Waals surface area contributed by atoms with E-state index in [0.717, 1.165) is 23.5 Å². The molecule has 1 heterocycles. The van der Waals surface area contributed by atoms with E-state index in [9.17, 15) is 8.42 Å². The summed E-state index contributed by atoms with van der Waals surface area (Å²) < 4.78 is 32.9. The number of ether oxygens (including phenoxy) is 1. The van der Waals surface area contributed by atoms with Crippen LogP contribution in [0, 0.1) is 5.92 Å². The zero-order valence-electron chi connectivity index (χ0n) is 12.4. The molecule has 0 aliphatic carbocycles. The smallest absolute Gasteiger partial charge is 0.244 e. The fourth-order valence-electron chi connectivity index (χ4n) is 2.29. The summed E-state index contributed by atoms with van der Waals surface area (Å²) in [4.78, 5) is 0.211. The minimum Gasteiger partial charge on any atom is -0.495 e. The molecule has 1 aromatic rings. The highest BCUT2D eigenvalue weighted by atomic mass is 32.2. The predicted molar refractivity (Wildman–Crippen MR) is 86.4 cm³/mol. The van der Waals surface area contributed by atoms with Crippen LogP contribution in [0.5, 0.6) is 5.75 Å². The molecule has 0 aromatic heterocycles. The third-order valence-corrected chi connectivity index (χ3v) is 6.16. The van der Waals surface area contributed by atoms with Crippen LogP contribution in [0.2, 0.25) is 0 Å². The lowest BCUT2D eigenvalue weighted by atomic mass is 10.1. The second-order valence-electron chi connectivity index (χ2n) is 5.10. The van der Waals surface area contributed by atoms with Crippen LogP contribution in [0.4, 0.5) is 0 Å². The van der Waals surface area contributed by atoms with Gasteiger partial charge in [0.05, 0.1) is 7.11 Å². The van der Waals surface area contributed by atoms with Gasteiger partial charge in [-0.2, -0.15) is 11.8 Å². The summed E-state index contributed by atoms with van der Waals surface area (Å²) in [5, 5.41) is 3.02. The molecular formula is C14H22N2O3S2. The van der Waals surface area contributed by atoms with E-state index in [1.807, 2.05) is 24.9 Å². The molecule has 0 spiro atoms. The Bertz CT molecular complexity index is 570. The minimum atomic E-state index is -3.54. The van der Waals surface area contributed by atoms with Crippen molar-refractivity contribution in [2.75, 3.05) is 32.2 Å². The highest BCUT2D eigenvalue weighted by Gasteiger charge is 2.23. The standard InChI is InChI=1S/C14H22N2O3S2/c1-15-8-11-3-4-13(19-2)14(7-11)21(17,18)16-9-12-5-6-20-10-12/h3-4,7,12,15-16H,5-6,8-10H2,1-2H3. The van der Waals surface area contributed by atoms with Crippen LogP contribution in [0.25, 0.3) is 0 Å². The Morgan fingerprint density at radius 2 is 2.24 bits per heavy atom. The summed E-state index contributed by atoms with van der Waals surface area (Å²) in [6, 6.07) is 5.23. The Morgan fingerprint density at radius 3 is 2.86 bits per heavy atom. The van der Waals surface area contributed by atoms with Crippen molar-refractivity contribution in [3.63, 3.8) is 0 Å². The monoisotopic (exact) mass is 330 g/mol. The zero-order chi connectivity index (χ0) is 15.3. The molecule has 7 heteroatoms. The lowest BCUT2D eigenvalue weighted by Crippen LogP contribution is -2.29. The van der Waals surface area contributed by atoms with Crippen molar-refractivity contribution in [3.8, 4) is 5.75 Å². The maximum Gasteiger partial charge on any atom is 0.244 e. The summed E-state index contributed by atoms with van der Waals surface area (Å²) in [6.45, 7) is 1.11. The van der Waals surface area contributed by atoms with Crippen LogP contribution in [-0.4, -0.2) is 40.6 Å². The van der Waals surface area contributed by atoms with Crippen LogP contribution >= 0.6 is 11.8 Å². The van der Waals surface area contributed by atoms with Crippen LogP contribution < -0.4 is 14.8 Å². The molecule has 1 saturated heterocycles. The van der Waals surface area contributed by atoms with Gasteiger partial charge in [0.2, 0.25) is 10.0 Å². The van der Waals surface area contributed by atoms with E-state index < -0.39 is 10.0 Å². The molecule has 2 rings (SSSR count). The van der Waals surface area contributed by atoms with Crippen molar-refractivity contribution >= 4 is 21.8 Å². The van der Waals surface area contributed by atoms with Crippen molar-refractivity contribution < 1.29 is 13.2 Å². The Kier molecular flexibility index (Phi) is 5.92. The van der Waals surface area contributed by atoms with E-state index in [2.05, 4.69) is 10.0 Å². The number of hydrogen-bond donors (Lipinski definition) is 2. The maximum absolute atomic E-state index is 12.5. The largest absolute Gasteiger partial charge is 0.495 e. The second-order valence-corrected chi connectivity index (χ2v) is 7.98. The van der Waals surface area contributed by atoms with Gasteiger partial charge in [-0.3, -0.25) is 0 Å². The molecule has 1 atom stereocenters. The van der Waals surface area contributed by atoms with Crippen molar-refractivity contribution in [2.45, 2.75) is 17.9 Å². The molecule has 1 aromatic carbocycles. The van der Waals surface area contributed by atoms with E-state index in [-0.39, 0.29) is 4.90 Å². The summed E-state index contributed by atoms with van der Waals surface area (Å²) in [5.41, 5.74) is 0.912. The van der Waals surface area contributed by atoms with E-state index in [4.69, 9.17) is 4.74 Å². The van der Waals surface area contributed by atoms with Crippen molar-refractivity contribution in [1.82, 2.24) is 10.0 Å². The highest BCUT2D eigenvalue weighted by Crippen LogP contribution is 2.26. The van der Waals surface area contributed by atoms with Gasteiger partial charge < -0.3 is 10.1 Å². The molecule has 1 aliphatic heterocycles. The minimum absolute atomic E-state index is 0.211. The fraction of sp³-hybridized carbons (Fsp3) is 0.571. The van der Waals surface area contributed by atoms with E-state index >= 15 is 0 Å². The van der Waals surface area contributed by atoms with Crippen molar-refractivity contribution in [3.05, 3.63) is 23.8 Å². The van der Waals surface area contributed by atoms with E-state index in [1.165, 1.54) is 7.11 Å². The molecule has 0 bridgehead atoms. The quantitative estimate of drug-likeness (QED) is 0.792. The molecule has 2 N–H and O–H groups in total. The first-order valence-corrected chi connectivity index (χ1v) is 9.59. The van der Waals surface area contributed by atoms with E-state index in [0.29, 0.717) is 24.8 Å². The number of sulfonamides is 1. The first kappa shape index (κ1) is 16.6. The second kappa shape index (κ2) is 7.49. The van der Waals surface area contributed by atoms with Gasteiger partial charge in [0.25, 0.3) is 0 Å². The molecule has 1 aliphatic rings. The average molecular weight is 330 g/mol. The van der Waals surface area contributed by atoms with Gasteiger partial charge in [0.1, 0.15) is 10.6 Å². The summed E-state index contributed by atoms with van der Waals surface area (Å²) in [6.07, 6.45) is 1.07. The maximum atomic E-state index is 12.5. The first-order chi connectivity index (χ1) is 10.1. The number of rotatable bonds is 7. The van der Waals surface area contributed by atoms with Gasteiger partial charge in [-0.15, -0.1) is 0 Å². The molecular weight excluding hydrogens is 308 g/mol. The SMILES string of the molecule is CNCc1ccc(OC)c(S(=O)(=O)NCC2CCSC2)c1. The Labute approximate surface area is 130 Å². The molecule has 1 unspecified atom stereocenters. The normalized spacial score (nSPS) is 18.9. The number of benzene rings is 1. The van der Waals surface area contributed by atoms with Crippen molar-refractivity contribution in [2.24, 2.45) is 5.92 Å². The number of nitrogens with one attached hydrogen (secondary N) is 2. The molecule has 118 valence electrons. The average Bonchev–Trinajstić information content (AvgIpc) is 2.99. The first-order valence-electron chi connectivity index (χ1n) is 6.95. The Balaban J connectivity index is 2.18. The molecule has 0 amide bonds. The summed E-state index contributed by atoms with van der Waals surface area (Å²) in [7, 11) is -0.230. The van der Waals surface area contributed by atoms with Crippen molar-refractivity contribution in [1.29, 1.82) is 0 Å². The van der Waals surface area contributed by atoms with Crippen LogP contribution in [0.1, 0.15) is 12.0 Å².